The Morgan fingerprint density at radius 1 is 1.00 bits per heavy atom. The predicted octanol–water partition coefficient (Wildman–Crippen LogP) is 5.55. The van der Waals surface area contributed by atoms with Crippen LogP contribution in [0, 0.1) is 6.92 Å². The molecule has 1 saturated heterocycles. The first-order valence-electron chi connectivity index (χ1n) is 11.4. The second-order valence-corrected chi connectivity index (χ2v) is 9.49. The highest BCUT2D eigenvalue weighted by Crippen LogP contribution is 2.34. The van der Waals surface area contributed by atoms with Gasteiger partial charge in [0, 0.05) is 30.1 Å². The molecule has 0 aliphatic carbocycles. The summed E-state index contributed by atoms with van der Waals surface area (Å²) in [5.74, 6) is -0.246. The molecule has 5 rings (SSSR count). The lowest BCUT2D eigenvalue weighted by Crippen LogP contribution is -2.24. The van der Waals surface area contributed by atoms with Gasteiger partial charge in [-0.25, -0.2) is 0 Å². The quantitative estimate of drug-likeness (QED) is 0.290. The molecule has 0 saturated carbocycles. The van der Waals surface area contributed by atoms with E-state index in [1.807, 2.05) is 97.9 Å². The first kappa shape index (κ1) is 22.7. The van der Waals surface area contributed by atoms with Crippen LogP contribution >= 0.6 is 11.3 Å². The summed E-state index contributed by atoms with van der Waals surface area (Å²) < 4.78 is 0. The monoisotopic (exact) mass is 480 g/mol. The van der Waals surface area contributed by atoms with Gasteiger partial charge in [0.25, 0.3) is 5.91 Å². The van der Waals surface area contributed by atoms with Gasteiger partial charge in [-0.05, 0) is 41.8 Å². The van der Waals surface area contributed by atoms with Crippen molar-refractivity contribution in [3.63, 3.8) is 0 Å². The standard InChI is InChI=1S/C28H24N4O2S/c1-19-9-8-14-23(15-19)32-18-22(17-25(32)33)27-30-31-28(35-27)29-26(34)24(21-12-6-3-7-13-21)16-20-10-4-2-5-11-20/h2-16,22H,17-18H2,1H3,(H,29,31,34)/b24-16+. The zero-order valence-electron chi connectivity index (χ0n) is 19.2. The Kier molecular flexibility index (Phi) is 6.50. The number of aryl methyl sites for hydroxylation is 1. The van der Waals surface area contributed by atoms with E-state index >= 15 is 0 Å². The lowest BCUT2D eigenvalue weighted by atomic mass is 10.0. The van der Waals surface area contributed by atoms with Crippen molar-refractivity contribution in [3.8, 4) is 0 Å². The van der Waals surface area contributed by atoms with Crippen molar-refractivity contribution in [1.29, 1.82) is 0 Å². The largest absolute Gasteiger partial charge is 0.312 e. The highest BCUT2D eigenvalue weighted by molar-refractivity contribution is 7.15. The molecule has 1 fully saturated rings. The molecule has 1 unspecified atom stereocenters. The maximum atomic E-state index is 13.3. The zero-order chi connectivity index (χ0) is 24.2. The fourth-order valence-corrected chi connectivity index (χ4v) is 4.98. The van der Waals surface area contributed by atoms with Crippen LogP contribution in [0.4, 0.5) is 10.8 Å². The number of aromatic nitrogens is 2. The minimum atomic E-state index is -0.258. The number of anilines is 2. The second-order valence-electron chi connectivity index (χ2n) is 8.48. The Balaban J connectivity index is 1.33. The molecule has 35 heavy (non-hydrogen) atoms. The highest BCUT2D eigenvalue weighted by atomic mass is 32.1. The van der Waals surface area contributed by atoms with Crippen molar-refractivity contribution in [2.45, 2.75) is 19.3 Å². The molecule has 1 aromatic heterocycles. The molecule has 3 aromatic carbocycles. The van der Waals surface area contributed by atoms with Gasteiger partial charge in [-0.1, -0.05) is 84.1 Å². The molecule has 2 heterocycles. The Morgan fingerprint density at radius 2 is 1.74 bits per heavy atom. The van der Waals surface area contributed by atoms with Crippen LogP contribution in [0.5, 0.6) is 0 Å². The van der Waals surface area contributed by atoms with E-state index in [1.165, 1.54) is 11.3 Å². The van der Waals surface area contributed by atoms with Crippen molar-refractivity contribution in [2.75, 3.05) is 16.8 Å². The molecule has 1 aliphatic heterocycles. The van der Waals surface area contributed by atoms with E-state index in [2.05, 4.69) is 15.5 Å². The van der Waals surface area contributed by atoms with E-state index in [1.54, 1.807) is 4.90 Å². The molecular formula is C28H24N4O2S. The molecule has 6 nitrogen and oxygen atoms in total. The van der Waals surface area contributed by atoms with Crippen molar-refractivity contribution in [2.24, 2.45) is 0 Å². The summed E-state index contributed by atoms with van der Waals surface area (Å²) in [7, 11) is 0. The number of nitrogens with one attached hydrogen (secondary N) is 1. The first-order chi connectivity index (χ1) is 17.1. The van der Waals surface area contributed by atoms with Gasteiger partial charge in [0.15, 0.2) is 0 Å². The first-order valence-corrected chi connectivity index (χ1v) is 12.2. The summed E-state index contributed by atoms with van der Waals surface area (Å²) in [5.41, 5.74) is 4.29. The molecule has 0 spiro atoms. The molecular weight excluding hydrogens is 456 g/mol. The van der Waals surface area contributed by atoms with Gasteiger partial charge in [-0.2, -0.15) is 0 Å². The molecule has 0 bridgehead atoms. The van der Waals surface area contributed by atoms with Crippen molar-refractivity contribution in [3.05, 3.63) is 107 Å². The summed E-state index contributed by atoms with van der Waals surface area (Å²) in [4.78, 5) is 27.7. The van der Waals surface area contributed by atoms with E-state index in [9.17, 15) is 9.59 Å². The van der Waals surface area contributed by atoms with Crippen LogP contribution in [0.1, 0.15) is 34.0 Å². The van der Waals surface area contributed by atoms with E-state index in [4.69, 9.17) is 0 Å². The topological polar surface area (TPSA) is 75.2 Å². The Labute approximate surface area is 208 Å². The summed E-state index contributed by atoms with van der Waals surface area (Å²) >= 11 is 1.32. The molecule has 1 aliphatic rings. The summed E-state index contributed by atoms with van der Waals surface area (Å²) in [6.45, 7) is 2.56. The van der Waals surface area contributed by atoms with Crippen molar-refractivity contribution in [1.82, 2.24) is 10.2 Å². The number of carbonyl (C=O) groups excluding carboxylic acids is 2. The van der Waals surface area contributed by atoms with Crippen LogP contribution < -0.4 is 10.2 Å². The van der Waals surface area contributed by atoms with E-state index in [0.29, 0.717) is 23.7 Å². The summed E-state index contributed by atoms with van der Waals surface area (Å²) in [6.07, 6.45) is 2.24. The third-order valence-electron chi connectivity index (χ3n) is 5.89. The van der Waals surface area contributed by atoms with Crippen molar-refractivity contribution >= 4 is 45.6 Å². The van der Waals surface area contributed by atoms with Crippen LogP contribution in [0.3, 0.4) is 0 Å². The van der Waals surface area contributed by atoms with Crippen LogP contribution in [0.15, 0.2) is 84.9 Å². The Hall–Kier alpha value is -4.10. The molecule has 4 aromatic rings. The van der Waals surface area contributed by atoms with Crippen LogP contribution in [-0.2, 0) is 9.59 Å². The Morgan fingerprint density at radius 3 is 2.49 bits per heavy atom. The van der Waals surface area contributed by atoms with Gasteiger partial charge in [-0.15, -0.1) is 10.2 Å². The maximum Gasteiger partial charge on any atom is 0.258 e. The number of rotatable bonds is 6. The molecule has 7 heteroatoms. The number of hydrogen-bond donors (Lipinski definition) is 1. The number of carbonyl (C=O) groups is 2. The van der Waals surface area contributed by atoms with Gasteiger partial charge in [0.05, 0.1) is 0 Å². The van der Waals surface area contributed by atoms with Crippen molar-refractivity contribution < 1.29 is 9.59 Å². The fourth-order valence-electron chi connectivity index (χ4n) is 4.15. The SMILES string of the molecule is Cc1cccc(N2CC(c3nnc(NC(=O)/C(=C/c4ccccc4)c4ccccc4)s3)CC2=O)c1. The van der Waals surface area contributed by atoms with Gasteiger partial charge >= 0.3 is 0 Å². The highest BCUT2D eigenvalue weighted by Gasteiger charge is 2.34. The molecule has 1 N–H and O–H groups in total. The minimum absolute atomic E-state index is 0.0559. The molecule has 0 radical (unpaired) electrons. The second kappa shape index (κ2) is 10.0. The third kappa shape index (κ3) is 5.20. The minimum Gasteiger partial charge on any atom is -0.312 e. The number of amides is 2. The maximum absolute atomic E-state index is 13.3. The van der Waals surface area contributed by atoms with Crippen LogP contribution in [0.25, 0.3) is 11.6 Å². The zero-order valence-corrected chi connectivity index (χ0v) is 20.0. The number of nitrogens with zero attached hydrogens (tertiary/aromatic N) is 3. The smallest absolute Gasteiger partial charge is 0.258 e. The van der Waals surface area contributed by atoms with E-state index < -0.39 is 0 Å². The fraction of sp³-hybridized carbons (Fsp3) is 0.143. The Bertz CT molecular complexity index is 1380. The van der Waals surface area contributed by atoms with Gasteiger partial charge < -0.3 is 4.90 Å². The number of benzene rings is 3. The number of hydrogen-bond acceptors (Lipinski definition) is 5. The van der Waals surface area contributed by atoms with Crippen LogP contribution in [-0.4, -0.2) is 28.6 Å². The van der Waals surface area contributed by atoms with Gasteiger partial charge in [0.1, 0.15) is 5.01 Å². The summed E-state index contributed by atoms with van der Waals surface area (Å²) in [6, 6.07) is 27.2. The van der Waals surface area contributed by atoms with E-state index in [-0.39, 0.29) is 17.7 Å². The van der Waals surface area contributed by atoms with Crippen LogP contribution in [0.2, 0.25) is 0 Å². The predicted molar refractivity (Wildman–Crippen MR) is 140 cm³/mol. The molecule has 174 valence electrons. The summed E-state index contributed by atoms with van der Waals surface area (Å²) in [5, 5.41) is 12.6. The lowest BCUT2D eigenvalue weighted by molar-refractivity contribution is -0.117. The molecule has 2 amide bonds. The van der Waals surface area contributed by atoms with Gasteiger partial charge in [-0.3, -0.25) is 14.9 Å². The third-order valence-corrected chi connectivity index (χ3v) is 6.89. The average molecular weight is 481 g/mol. The molecule has 1 atom stereocenters. The normalized spacial score (nSPS) is 15.9. The van der Waals surface area contributed by atoms with Gasteiger partial charge in [0.2, 0.25) is 11.0 Å². The lowest BCUT2D eigenvalue weighted by Gasteiger charge is -2.16. The van der Waals surface area contributed by atoms with E-state index in [0.717, 1.165) is 27.4 Å². The average Bonchev–Trinajstić information content (AvgIpc) is 3.50.